The van der Waals surface area contributed by atoms with Crippen LogP contribution in [0.25, 0.3) is 10.8 Å². The Kier molecular flexibility index (Phi) is 4.88. The molecule has 2 aromatic carbocycles. The van der Waals surface area contributed by atoms with Crippen LogP contribution in [0.15, 0.2) is 36.4 Å². The highest BCUT2D eigenvalue weighted by molar-refractivity contribution is 6.00. The van der Waals surface area contributed by atoms with Gasteiger partial charge in [0.15, 0.2) is 12.9 Å². The second-order valence-electron chi connectivity index (χ2n) is 5.54. The summed E-state index contributed by atoms with van der Waals surface area (Å²) in [5.74, 6) is 0.205. The van der Waals surface area contributed by atoms with E-state index in [0.717, 1.165) is 36.5 Å². The Morgan fingerprint density at radius 3 is 2.96 bits per heavy atom. The number of aldehydes is 1. The second kappa shape index (κ2) is 7.24. The molecule has 5 heteroatoms. The summed E-state index contributed by atoms with van der Waals surface area (Å²) in [6, 6.07) is 11.2. The largest absolute Gasteiger partial charge is 0.483 e. The van der Waals surface area contributed by atoms with Crippen LogP contribution in [0.1, 0.15) is 23.2 Å². The van der Waals surface area contributed by atoms with Crippen LogP contribution in [0.3, 0.4) is 0 Å². The zero-order valence-electron chi connectivity index (χ0n) is 12.8. The monoisotopic (exact) mass is 313 g/mol. The maximum atomic E-state index is 11.9. The van der Waals surface area contributed by atoms with Gasteiger partial charge in [0.25, 0.3) is 5.91 Å². The topological polar surface area (TPSA) is 64.6 Å². The van der Waals surface area contributed by atoms with E-state index in [1.807, 2.05) is 30.3 Å². The standard InChI is InChI=1S/C18H19NO4/c20-11-16-15-6-2-1-4-13(15)7-8-17(16)23-12-18(21)19-10-14-5-3-9-22-14/h1-2,4,6-8,11,14H,3,5,9-10,12H2,(H,19,21)/t14-/m0/s1. The van der Waals surface area contributed by atoms with E-state index in [2.05, 4.69) is 5.32 Å². The first-order valence-electron chi connectivity index (χ1n) is 7.76. The number of nitrogens with one attached hydrogen (secondary N) is 1. The van der Waals surface area contributed by atoms with Crippen LogP contribution in [-0.2, 0) is 9.53 Å². The fraction of sp³-hybridized carbons (Fsp3) is 0.333. The summed E-state index contributed by atoms with van der Waals surface area (Å²) in [4.78, 5) is 23.2. The van der Waals surface area contributed by atoms with Crippen molar-refractivity contribution in [2.24, 2.45) is 0 Å². The fourth-order valence-corrected chi connectivity index (χ4v) is 2.75. The lowest BCUT2D eigenvalue weighted by Gasteiger charge is -2.13. The van der Waals surface area contributed by atoms with Crippen LogP contribution in [0.5, 0.6) is 5.75 Å². The number of carbonyl (C=O) groups is 2. The molecule has 1 amide bonds. The molecule has 1 fully saturated rings. The number of rotatable bonds is 6. The van der Waals surface area contributed by atoms with E-state index in [1.165, 1.54) is 0 Å². The van der Waals surface area contributed by atoms with Gasteiger partial charge in [-0.05, 0) is 29.7 Å². The second-order valence-corrected chi connectivity index (χ2v) is 5.54. The molecule has 1 saturated heterocycles. The molecule has 3 rings (SSSR count). The number of hydrogen-bond acceptors (Lipinski definition) is 4. The maximum absolute atomic E-state index is 11.9. The number of hydrogen-bond donors (Lipinski definition) is 1. The van der Waals surface area contributed by atoms with Gasteiger partial charge in [0.2, 0.25) is 0 Å². The summed E-state index contributed by atoms with van der Waals surface area (Å²) in [6.07, 6.45) is 2.88. The zero-order valence-corrected chi connectivity index (χ0v) is 12.8. The Hall–Kier alpha value is -2.40. The lowest BCUT2D eigenvalue weighted by atomic mass is 10.0. The minimum absolute atomic E-state index is 0.102. The van der Waals surface area contributed by atoms with Crippen LogP contribution in [0.4, 0.5) is 0 Å². The van der Waals surface area contributed by atoms with Gasteiger partial charge in [-0.1, -0.05) is 30.3 Å². The van der Waals surface area contributed by atoms with Crippen molar-refractivity contribution in [1.82, 2.24) is 5.32 Å². The molecule has 0 spiro atoms. The molecule has 1 aliphatic heterocycles. The van der Waals surface area contributed by atoms with Crippen molar-refractivity contribution in [1.29, 1.82) is 0 Å². The van der Waals surface area contributed by atoms with E-state index in [4.69, 9.17) is 9.47 Å². The molecule has 2 aromatic rings. The van der Waals surface area contributed by atoms with Crippen molar-refractivity contribution in [2.45, 2.75) is 18.9 Å². The first-order chi connectivity index (χ1) is 11.3. The highest BCUT2D eigenvalue weighted by Gasteiger charge is 2.16. The van der Waals surface area contributed by atoms with Gasteiger partial charge in [-0.2, -0.15) is 0 Å². The number of carbonyl (C=O) groups excluding carboxylic acids is 2. The minimum Gasteiger partial charge on any atom is -0.483 e. The van der Waals surface area contributed by atoms with Crippen molar-refractivity contribution >= 4 is 23.0 Å². The van der Waals surface area contributed by atoms with Crippen LogP contribution >= 0.6 is 0 Å². The van der Waals surface area contributed by atoms with E-state index < -0.39 is 0 Å². The Morgan fingerprint density at radius 1 is 1.30 bits per heavy atom. The van der Waals surface area contributed by atoms with Gasteiger partial charge in [-0.25, -0.2) is 0 Å². The van der Waals surface area contributed by atoms with Gasteiger partial charge in [0.1, 0.15) is 5.75 Å². The van der Waals surface area contributed by atoms with Crippen LogP contribution in [0.2, 0.25) is 0 Å². The summed E-state index contributed by atoms with van der Waals surface area (Å²) in [5, 5.41) is 4.57. The van der Waals surface area contributed by atoms with Crippen molar-refractivity contribution < 1.29 is 19.1 Å². The normalized spacial score (nSPS) is 17.1. The highest BCUT2D eigenvalue weighted by Crippen LogP contribution is 2.26. The molecule has 1 heterocycles. The third-order valence-corrected chi connectivity index (χ3v) is 3.96. The zero-order chi connectivity index (χ0) is 16.1. The molecule has 5 nitrogen and oxygen atoms in total. The molecule has 0 aliphatic carbocycles. The average Bonchev–Trinajstić information content (AvgIpc) is 3.11. The number of ether oxygens (including phenoxy) is 2. The molecular weight excluding hydrogens is 294 g/mol. The number of amides is 1. The Bertz CT molecular complexity index is 707. The van der Waals surface area contributed by atoms with E-state index in [9.17, 15) is 9.59 Å². The third kappa shape index (κ3) is 3.68. The first kappa shape index (κ1) is 15.5. The quantitative estimate of drug-likeness (QED) is 0.831. The smallest absolute Gasteiger partial charge is 0.258 e. The predicted molar refractivity (Wildman–Crippen MR) is 86.8 cm³/mol. The van der Waals surface area contributed by atoms with E-state index in [0.29, 0.717) is 17.9 Å². The van der Waals surface area contributed by atoms with Gasteiger partial charge in [-0.15, -0.1) is 0 Å². The SMILES string of the molecule is O=Cc1c(OCC(=O)NC[C@@H]2CCCO2)ccc2ccccc12. The van der Waals surface area contributed by atoms with Crippen molar-refractivity contribution in [3.63, 3.8) is 0 Å². The minimum atomic E-state index is -0.217. The maximum Gasteiger partial charge on any atom is 0.258 e. The van der Waals surface area contributed by atoms with Crippen LogP contribution in [0, 0.1) is 0 Å². The van der Waals surface area contributed by atoms with Gasteiger partial charge < -0.3 is 14.8 Å². The molecule has 0 aromatic heterocycles. The van der Waals surface area contributed by atoms with Crippen LogP contribution < -0.4 is 10.1 Å². The summed E-state index contributed by atoms with van der Waals surface area (Å²) in [6.45, 7) is 1.14. The van der Waals surface area contributed by atoms with Gasteiger partial charge >= 0.3 is 0 Å². The summed E-state index contributed by atoms with van der Waals surface area (Å²) in [5.41, 5.74) is 0.468. The van der Waals surface area contributed by atoms with Crippen LogP contribution in [-0.4, -0.2) is 38.1 Å². The number of benzene rings is 2. The average molecular weight is 313 g/mol. The third-order valence-electron chi connectivity index (χ3n) is 3.96. The van der Waals surface area contributed by atoms with E-state index in [-0.39, 0.29) is 18.6 Å². The molecule has 0 saturated carbocycles. The van der Waals surface area contributed by atoms with Gasteiger partial charge in [0.05, 0.1) is 11.7 Å². The molecule has 1 atom stereocenters. The molecule has 0 radical (unpaired) electrons. The van der Waals surface area contributed by atoms with E-state index in [1.54, 1.807) is 6.07 Å². The number of fused-ring (bicyclic) bond motifs is 1. The molecule has 0 unspecified atom stereocenters. The van der Waals surface area contributed by atoms with Crippen molar-refractivity contribution in [2.75, 3.05) is 19.8 Å². The van der Waals surface area contributed by atoms with Gasteiger partial charge in [-0.3, -0.25) is 9.59 Å². The summed E-state index contributed by atoms with van der Waals surface area (Å²) >= 11 is 0. The summed E-state index contributed by atoms with van der Waals surface area (Å²) in [7, 11) is 0. The molecule has 1 N–H and O–H groups in total. The molecular formula is C18H19NO4. The van der Waals surface area contributed by atoms with Crippen molar-refractivity contribution in [3.8, 4) is 5.75 Å². The lowest BCUT2D eigenvalue weighted by molar-refractivity contribution is -0.123. The highest BCUT2D eigenvalue weighted by atomic mass is 16.5. The van der Waals surface area contributed by atoms with Crippen molar-refractivity contribution in [3.05, 3.63) is 42.0 Å². The lowest BCUT2D eigenvalue weighted by Crippen LogP contribution is -2.35. The Balaban J connectivity index is 1.62. The van der Waals surface area contributed by atoms with E-state index >= 15 is 0 Å². The first-order valence-corrected chi connectivity index (χ1v) is 7.76. The Morgan fingerprint density at radius 2 is 2.17 bits per heavy atom. The fourth-order valence-electron chi connectivity index (χ4n) is 2.75. The molecule has 0 bridgehead atoms. The molecule has 120 valence electrons. The Labute approximate surface area is 134 Å². The molecule has 1 aliphatic rings. The molecule has 23 heavy (non-hydrogen) atoms. The van der Waals surface area contributed by atoms with Gasteiger partial charge in [0, 0.05) is 13.2 Å². The summed E-state index contributed by atoms with van der Waals surface area (Å²) < 4.78 is 11.0. The predicted octanol–water partition coefficient (Wildman–Crippen LogP) is 2.33.